The number of aryl methyl sites for hydroxylation is 1. The molecule has 5 nitrogen and oxygen atoms in total. The average molecular weight is 359 g/mol. The first-order valence-corrected chi connectivity index (χ1v) is 9.87. The summed E-state index contributed by atoms with van der Waals surface area (Å²) in [5.41, 5.74) is 2.54. The fourth-order valence-electron chi connectivity index (χ4n) is 3.41. The van der Waals surface area contributed by atoms with E-state index in [2.05, 4.69) is 0 Å². The Labute approximate surface area is 148 Å². The molecular formula is C19H22NO4P. The molecule has 0 aliphatic carbocycles. The molecule has 0 spiro atoms. The van der Waals surface area contributed by atoms with Gasteiger partial charge in [0.2, 0.25) is 0 Å². The van der Waals surface area contributed by atoms with Gasteiger partial charge in [0.05, 0.1) is 31.5 Å². The Bertz CT molecular complexity index is 821. The van der Waals surface area contributed by atoms with Crippen LogP contribution in [0.15, 0.2) is 48.5 Å². The van der Waals surface area contributed by atoms with Crippen LogP contribution in [0.4, 0.5) is 5.69 Å². The number of para-hydroxylation sites is 1. The molecule has 0 aromatic heterocycles. The normalized spacial score (nSPS) is 21.9. The molecule has 0 saturated heterocycles. The second kappa shape index (κ2) is 7.03. The van der Waals surface area contributed by atoms with E-state index in [9.17, 15) is 9.36 Å². The van der Waals surface area contributed by atoms with Gasteiger partial charge in [-0.2, -0.15) is 0 Å². The van der Waals surface area contributed by atoms with Gasteiger partial charge in [0.1, 0.15) is 0 Å². The minimum absolute atomic E-state index is 0.110. The maximum atomic E-state index is 14.0. The second-order valence-corrected chi connectivity index (χ2v) is 8.10. The van der Waals surface area contributed by atoms with Crippen LogP contribution in [0.5, 0.6) is 0 Å². The smallest absolute Gasteiger partial charge is 0.327 e. The molecule has 0 saturated carbocycles. The van der Waals surface area contributed by atoms with Crippen LogP contribution in [0.3, 0.4) is 0 Å². The van der Waals surface area contributed by atoms with Crippen LogP contribution in [0.25, 0.3) is 0 Å². The van der Waals surface area contributed by atoms with Crippen molar-refractivity contribution < 1.29 is 18.6 Å². The Morgan fingerprint density at radius 3 is 2.52 bits per heavy atom. The van der Waals surface area contributed by atoms with Crippen molar-refractivity contribution in [3.05, 3.63) is 59.7 Å². The van der Waals surface area contributed by atoms with Crippen LogP contribution >= 0.6 is 7.52 Å². The standard InChI is InChI=1S/C19H22NO4P/c1-4-24-25(22)19-14(2)9-8-12-16(19)17(13-18(21)23-3)20(25)15-10-6-5-7-11-15/h5-12,17H,4,13H2,1-3H3. The zero-order valence-electron chi connectivity index (χ0n) is 14.6. The Morgan fingerprint density at radius 1 is 1.16 bits per heavy atom. The van der Waals surface area contributed by atoms with Crippen molar-refractivity contribution in [1.82, 2.24) is 0 Å². The van der Waals surface area contributed by atoms with E-state index in [4.69, 9.17) is 9.26 Å². The highest BCUT2D eigenvalue weighted by Gasteiger charge is 2.49. The molecule has 0 fully saturated rings. The van der Waals surface area contributed by atoms with Gasteiger partial charge in [-0.05, 0) is 37.1 Å². The van der Waals surface area contributed by atoms with Gasteiger partial charge in [0.25, 0.3) is 0 Å². The van der Waals surface area contributed by atoms with E-state index in [-0.39, 0.29) is 18.4 Å². The van der Waals surface area contributed by atoms with Crippen molar-refractivity contribution in [2.75, 3.05) is 18.4 Å². The van der Waals surface area contributed by atoms with Crippen LogP contribution in [0.2, 0.25) is 0 Å². The number of carbonyl (C=O) groups excluding carboxylic acids is 1. The fraction of sp³-hybridized carbons (Fsp3) is 0.316. The molecule has 1 heterocycles. The molecule has 6 heteroatoms. The first kappa shape index (κ1) is 17.7. The Balaban J connectivity index is 2.23. The quantitative estimate of drug-likeness (QED) is 0.597. The third-order valence-corrected chi connectivity index (χ3v) is 7.26. The van der Waals surface area contributed by atoms with Crippen molar-refractivity contribution in [2.24, 2.45) is 0 Å². The zero-order chi connectivity index (χ0) is 18.0. The predicted molar refractivity (Wildman–Crippen MR) is 98.3 cm³/mol. The fourth-order valence-corrected chi connectivity index (χ4v) is 6.31. The Hall–Kier alpha value is -2.10. The Morgan fingerprint density at radius 2 is 1.88 bits per heavy atom. The summed E-state index contributed by atoms with van der Waals surface area (Å²) in [7, 11) is -1.96. The van der Waals surface area contributed by atoms with Gasteiger partial charge in [-0.3, -0.25) is 14.0 Å². The highest BCUT2D eigenvalue weighted by atomic mass is 31.2. The third kappa shape index (κ3) is 2.99. The van der Waals surface area contributed by atoms with E-state index in [0.717, 1.165) is 16.8 Å². The predicted octanol–water partition coefficient (Wildman–Crippen LogP) is 3.97. The Kier molecular flexibility index (Phi) is 4.98. The number of methoxy groups -OCH3 is 1. The number of ether oxygens (including phenoxy) is 1. The molecule has 0 N–H and O–H groups in total. The largest absolute Gasteiger partial charge is 0.469 e. The van der Waals surface area contributed by atoms with E-state index in [1.54, 1.807) is 4.67 Å². The lowest BCUT2D eigenvalue weighted by molar-refractivity contribution is -0.141. The van der Waals surface area contributed by atoms with Gasteiger partial charge in [-0.15, -0.1) is 0 Å². The number of hydrogen-bond donors (Lipinski definition) is 0. The van der Waals surface area contributed by atoms with E-state index in [0.29, 0.717) is 11.9 Å². The minimum atomic E-state index is -3.33. The lowest BCUT2D eigenvalue weighted by Crippen LogP contribution is -2.24. The average Bonchev–Trinajstić information content (AvgIpc) is 2.85. The van der Waals surface area contributed by atoms with Gasteiger partial charge in [0, 0.05) is 5.69 Å². The van der Waals surface area contributed by atoms with Gasteiger partial charge in [-0.1, -0.05) is 36.4 Å². The van der Waals surface area contributed by atoms with E-state index in [1.165, 1.54) is 7.11 Å². The maximum Gasteiger partial charge on any atom is 0.327 e. The molecule has 2 atom stereocenters. The van der Waals surface area contributed by atoms with Crippen molar-refractivity contribution in [2.45, 2.75) is 26.3 Å². The number of hydrogen-bond acceptors (Lipinski definition) is 4. The summed E-state index contributed by atoms with van der Waals surface area (Å²) in [5, 5.41) is 0.703. The van der Waals surface area contributed by atoms with Crippen LogP contribution in [0.1, 0.15) is 30.5 Å². The molecule has 2 unspecified atom stereocenters. The molecule has 132 valence electrons. The topological polar surface area (TPSA) is 55.8 Å². The van der Waals surface area contributed by atoms with E-state index >= 15 is 0 Å². The van der Waals surface area contributed by atoms with Gasteiger partial charge in [-0.25, -0.2) is 0 Å². The summed E-state index contributed by atoms with van der Waals surface area (Å²) in [5.74, 6) is -0.344. The molecule has 0 radical (unpaired) electrons. The molecule has 1 aliphatic heterocycles. The molecule has 0 amide bonds. The number of carbonyl (C=O) groups is 1. The van der Waals surface area contributed by atoms with Crippen LogP contribution in [-0.2, 0) is 18.6 Å². The highest BCUT2D eigenvalue weighted by molar-refractivity contribution is 7.69. The monoisotopic (exact) mass is 359 g/mol. The summed E-state index contributed by atoms with van der Waals surface area (Å²) in [6.07, 6.45) is 0.110. The maximum absolute atomic E-state index is 14.0. The van der Waals surface area contributed by atoms with Crippen molar-refractivity contribution >= 4 is 24.5 Å². The highest BCUT2D eigenvalue weighted by Crippen LogP contribution is 2.62. The van der Waals surface area contributed by atoms with Crippen LogP contribution < -0.4 is 9.97 Å². The molecule has 2 aromatic carbocycles. The summed E-state index contributed by atoms with van der Waals surface area (Å²) >= 11 is 0. The molecule has 1 aliphatic rings. The second-order valence-electron chi connectivity index (χ2n) is 5.93. The van der Waals surface area contributed by atoms with Gasteiger partial charge >= 0.3 is 13.5 Å². The summed E-state index contributed by atoms with van der Waals surface area (Å²) in [6.45, 7) is 4.07. The molecule has 2 aromatic rings. The first-order valence-electron chi connectivity index (χ1n) is 8.29. The molecular weight excluding hydrogens is 337 g/mol. The minimum Gasteiger partial charge on any atom is -0.469 e. The summed E-state index contributed by atoms with van der Waals surface area (Å²) in [6, 6.07) is 14.8. The number of fused-ring (bicyclic) bond motifs is 1. The third-order valence-electron chi connectivity index (χ3n) is 4.40. The molecule has 0 bridgehead atoms. The zero-order valence-corrected chi connectivity index (χ0v) is 15.5. The van der Waals surface area contributed by atoms with E-state index < -0.39 is 7.52 Å². The SMILES string of the molecule is CCOP1(=O)c2c(C)cccc2C(CC(=O)OC)N1c1ccccc1. The van der Waals surface area contributed by atoms with E-state index in [1.807, 2.05) is 62.4 Å². The van der Waals surface area contributed by atoms with Gasteiger partial charge < -0.3 is 9.26 Å². The number of nitrogens with zero attached hydrogens (tertiary/aromatic N) is 1. The molecule has 25 heavy (non-hydrogen) atoms. The number of benzene rings is 2. The van der Waals surface area contributed by atoms with Crippen molar-refractivity contribution in [1.29, 1.82) is 0 Å². The van der Waals surface area contributed by atoms with Crippen molar-refractivity contribution in [3.8, 4) is 0 Å². The van der Waals surface area contributed by atoms with Crippen molar-refractivity contribution in [3.63, 3.8) is 0 Å². The summed E-state index contributed by atoms with van der Waals surface area (Å²) < 4.78 is 26.5. The number of anilines is 1. The number of rotatable bonds is 5. The lowest BCUT2D eigenvalue weighted by Gasteiger charge is -2.31. The summed E-state index contributed by atoms with van der Waals surface area (Å²) in [4.78, 5) is 12.0. The molecule has 3 rings (SSSR count). The van der Waals surface area contributed by atoms with Gasteiger partial charge in [0.15, 0.2) is 0 Å². The number of esters is 1. The first-order chi connectivity index (χ1) is 12.0. The van der Waals surface area contributed by atoms with Crippen LogP contribution in [0, 0.1) is 6.92 Å². The van der Waals surface area contributed by atoms with Crippen LogP contribution in [-0.4, -0.2) is 19.7 Å². The lowest BCUT2D eigenvalue weighted by atomic mass is 10.0.